The van der Waals surface area contributed by atoms with Crippen molar-refractivity contribution in [1.82, 2.24) is 9.88 Å². The van der Waals surface area contributed by atoms with Crippen LogP contribution in [0.4, 0.5) is 0 Å². The molecule has 3 aromatic rings. The average molecular weight is 459 g/mol. The van der Waals surface area contributed by atoms with Gasteiger partial charge in [0.2, 0.25) is 10.0 Å². The second-order valence-electron chi connectivity index (χ2n) is 7.72. The minimum absolute atomic E-state index is 0.00912. The van der Waals surface area contributed by atoms with E-state index in [4.69, 9.17) is 14.0 Å². The zero-order valence-corrected chi connectivity index (χ0v) is 18.5. The summed E-state index contributed by atoms with van der Waals surface area (Å²) in [7, 11) is -2.06. The predicted octanol–water partition coefficient (Wildman–Crippen LogP) is 2.78. The fraction of sp³-hybridized carbons (Fsp3) is 0.348. The van der Waals surface area contributed by atoms with Crippen LogP contribution >= 0.6 is 0 Å². The molecule has 0 aliphatic carbocycles. The van der Waals surface area contributed by atoms with Crippen molar-refractivity contribution in [2.75, 3.05) is 13.7 Å². The number of ether oxygens (including phenoxy) is 2. The maximum atomic E-state index is 12.5. The molecule has 0 radical (unpaired) electrons. The summed E-state index contributed by atoms with van der Waals surface area (Å²) in [6.45, 7) is -0.00912. The zero-order valence-electron chi connectivity index (χ0n) is 17.7. The molecule has 1 aliphatic heterocycles. The van der Waals surface area contributed by atoms with Crippen molar-refractivity contribution < 1.29 is 27.5 Å². The van der Waals surface area contributed by atoms with Gasteiger partial charge >= 0.3 is 0 Å². The largest absolute Gasteiger partial charge is 0.497 e. The molecule has 2 N–H and O–H groups in total. The van der Waals surface area contributed by atoms with Crippen LogP contribution in [-0.2, 0) is 21.2 Å². The molecule has 0 saturated carbocycles. The normalized spacial score (nSPS) is 21.4. The molecule has 0 bridgehead atoms. The summed E-state index contributed by atoms with van der Waals surface area (Å²) < 4.78 is 44.1. The maximum absolute atomic E-state index is 12.5. The monoisotopic (exact) mass is 458 g/mol. The Balaban J connectivity index is 1.36. The number of aliphatic hydroxyl groups excluding tert-OH is 1. The number of nitrogens with one attached hydrogen (secondary N) is 1. The van der Waals surface area contributed by atoms with Crippen molar-refractivity contribution in [3.05, 3.63) is 66.4 Å². The predicted molar refractivity (Wildman–Crippen MR) is 118 cm³/mol. The third kappa shape index (κ3) is 5.36. The molecule has 2 aromatic carbocycles. The van der Waals surface area contributed by atoms with Crippen molar-refractivity contribution in [2.24, 2.45) is 0 Å². The smallest absolute Gasteiger partial charge is 0.240 e. The van der Waals surface area contributed by atoms with Crippen molar-refractivity contribution in [3.8, 4) is 17.1 Å². The quantitative estimate of drug-likeness (QED) is 0.534. The first-order valence-electron chi connectivity index (χ1n) is 10.4. The van der Waals surface area contributed by atoms with Gasteiger partial charge in [-0.3, -0.25) is 0 Å². The number of methoxy groups -OCH3 is 1. The molecule has 9 heteroatoms. The Hall–Kier alpha value is -2.72. The second-order valence-corrected chi connectivity index (χ2v) is 9.49. The van der Waals surface area contributed by atoms with Crippen LogP contribution < -0.4 is 9.46 Å². The van der Waals surface area contributed by atoms with E-state index in [-0.39, 0.29) is 17.5 Å². The number of benzene rings is 2. The van der Waals surface area contributed by atoms with Crippen LogP contribution in [0.2, 0.25) is 0 Å². The summed E-state index contributed by atoms with van der Waals surface area (Å²) in [4.78, 5) is 0.176. The lowest BCUT2D eigenvalue weighted by atomic mass is 9.98. The van der Waals surface area contributed by atoms with Gasteiger partial charge in [-0.25, -0.2) is 13.1 Å². The standard InChI is InChI=1S/C23H26N2O6S/c1-29-18-9-7-16(8-10-18)22-14-17(25-31-22)13-19-11-12-21(26)23(30-19)15-24-32(27,28)20-5-3-2-4-6-20/h2-10,14,19,21,23-24,26H,11-13,15H2,1H3. The molecule has 170 valence electrons. The molecule has 1 saturated heterocycles. The fourth-order valence-electron chi connectivity index (χ4n) is 3.69. The lowest BCUT2D eigenvalue weighted by molar-refractivity contribution is -0.113. The molecule has 2 heterocycles. The highest BCUT2D eigenvalue weighted by atomic mass is 32.2. The van der Waals surface area contributed by atoms with Gasteiger partial charge in [-0.2, -0.15) is 0 Å². The first-order valence-corrected chi connectivity index (χ1v) is 11.9. The van der Waals surface area contributed by atoms with E-state index in [2.05, 4.69) is 9.88 Å². The fourth-order valence-corrected chi connectivity index (χ4v) is 4.76. The van der Waals surface area contributed by atoms with E-state index in [0.29, 0.717) is 25.0 Å². The van der Waals surface area contributed by atoms with E-state index in [1.165, 1.54) is 12.1 Å². The van der Waals surface area contributed by atoms with Crippen molar-refractivity contribution in [1.29, 1.82) is 0 Å². The molecule has 4 rings (SSSR count). The number of hydrogen-bond acceptors (Lipinski definition) is 7. The molecular formula is C23H26N2O6S. The van der Waals surface area contributed by atoms with E-state index in [0.717, 1.165) is 17.0 Å². The topological polar surface area (TPSA) is 111 Å². The summed E-state index contributed by atoms with van der Waals surface area (Å²) >= 11 is 0. The number of rotatable bonds is 8. The molecule has 0 amide bonds. The molecule has 8 nitrogen and oxygen atoms in total. The van der Waals surface area contributed by atoms with Gasteiger partial charge in [-0.05, 0) is 49.2 Å². The van der Waals surface area contributed by atoms with Crippen LogP contribution in [0.15, 0.2) is 70.1 Å². The van der Waals surface area contributed by atoms with Gasteiger partial charge in [0.1, 0.15) is 5.75 Å². The number of hydrogen-bond donors (Lipinski definition) is 2. The molecule has 3 atom stereocenters. The van der Waals surface area contributed by atoms with Crippen LogP contribution in [-0.4, -0.2) is 50.6 Å². The van der Waals surface area contributed by atoms with Crippen LogP contribution in [0.5, 0.6) is 5.75 Å². The molecule has 1 aromatic heterocycles. The Morgan fingerprint density at radius 2 is 1.88 bits per heavy atom. The van der Waals surface area contributed by atoms with E-state index < -0.39 is 22.2 Å². The first kappa shape index (κ1) is 22.5. The third-order valence-electron chi connectivity index (χ3n) is 5.48. The van der Waals surface area contributed by atoms with E-state index in [9.17, 15) is 13.5 Å². The van der Waals surface area contributed by atoms with Crippen molar-refractivity contribution in [3.63, 3.8) is 0 Å². The lowest BCUT2D eigenvalue weighted by Gasteiger charge is -2.33. The Kier molecular flexibility index (Phi) is 6.90. The van der Waals surface area contributed by atoms with Gasteiger partial charge in [-0.15, -0.1) is 0 Å². The van der Waals surface area contributed by atoms with Crippen LogP contribution in [0.3, 0.4) is 0 Å². The Morgan fingerprint density at radius 3 is 2.59 bits per heavy atom. The number of sulfonamides is 1. The van der Waals surface area contributed by atoms with Gasteiger partial charge in [0.05, 0.1) is 36.0 Å². The number of nitrogens with zero attached hydrogens (tertiary/aromatic N) is 1. The van der Waals surface area contributed by atoms with E-state index >= 15 is 0 Å². The summed E-state index contributed by atoms with van der Waals surface area (Å²) in [5, 5.41) is 14.4. The minimum Gasteiger partial charge on any atom is -0.497 e. The van der Waals surface area contributed by atoms with Crippen LogP contribution in [0.1, 0.15) is 18.5 Å². The molecule has 3 unspecified atom stereocenters. The molecule has 0 spiro atoms. The van der Waals surface area contributed by atoms with Gasteiger partial charge in [0.25, 0.3) is 0 Å². The van der Waals surface area contributed by atoms with Gasteiger partial charge < -0.3 is 19.1 Å². The number of aliphatic hydroxyl groups is 1. The number of aromatic nitrogens is 1. The molecule has 1 fully saturated rings. The first-order chi connectivity index (χ1) is 15.4. The molecular weight excluding hydrogens is 432 g/mol. The van der Waals surface area contributed by atoms with E-state index in [1.54, 1.807) is 25.3 Å². The highest BCUT2D eigenvalue weighted by molar-refractivity contribution is 7.89. The van der Waals surface area contributed by atoms with Gasteiger partial charge in [0.15, 0.2) is 5.76 Å². The summed E-state index contributed by atoms with van der Waals surface area (Å²) in [6, 6.07) is 17.5. The van der Waals surface area contributed by atoms with Crippen LogP contribution in [0.25, 0.3) is 11.3 Å². The van der Waals surface area contributed by atoms with Gasteiger partial charge in [0, 0.05) is 24.6 Å². The maximum Gasteiger partial charge on any atom is 0.240 e. The summed E-state index contributed by atoms with van der Waals surface area (Å²) in [5.74, 6) is 1.40. The van der Waals surface area contributed by atoms with E-state index in [1.807, 2.05) is 30.3 Å². The zero-order chi connectivity index (χ0) is 22.6. The highest BCUT2D eigenvalue weighted by Crippen LogP contribution is 2.26. The lowest BCUT2D eigenvalue weighted by Crippen LogP contribution is -2.46. The average Bonchev–Trinajstić information content (AvgIpc) is 3.28. The Labute approximate surface area is 187 Å². The third-order valence-corrected chi connectivity index (χ3v) is 6.92. The van der Waals surface area contributed by atoms with Crippen LogP contribution in [0, 0.1) is 0 Å². The Morgan fingerprint density at radius 1 is 1.12 bits per heavy atom. The molecule has 32 heavy (non-hydrogen) atoms. The van der Waals surface area contributed by atoms with Gasteiger partial charge in [-0.1, -0.05) is 23.4 Å². The Bertz CT molecular complexity index is 1110. The van der Waals surface area contributed by atoms with Crippen molar-refractivity contribution in [2.45, 2.75) is 42.5 Å². The summed E-state index contributed by atoms with van der Waals surface area (Å²) in [5.41, 5.74) is 1.62. The van der Waals surface area contributed by atoms with Crippen molar-refractivity contribution >= 4 is 10.0 Å². The summed E-state index contributed by atoms with van der Waals surface area (Å²) in [6.07, 6.45) is 0.101. The highest BCUT2D eigenvalue weighted by Gasteiger charge is 2.31. The minimum atomic E-state index is -3.67. The SMILES string of the molecule is COc1ccc(-c2cc(CC3CCC(O)C(CNS(=O)(=O)c4ccccc4)O3)no2)cc1. The molecule has 1 aliphatic rings. The second kappa shape index (κ2) is 9.83.